The topological polar surface area (TPSA) is 55.5 Å². The van der Waals surface area contributed by atoms with E-state index in [-0.39, 0.29) is 11.8 Å². The third-order valence-electron chi connectivity index (χ3n) is 4.73. The van der Waals surface area contributed by atoms with E-state index in [1.54, 1.807) is 11.8 Å². The maximum Gasteiger partial charge on any atom is 0.225 e. The van der Waals surface area contributed by atoms with Gasteiger partial charge in [-0.2, -0.15) is 0 Å². The maximum atomic E-state index is 12.1. The molecule has 1 spiro atoms. The summed E-state index contributed by atoms with van der Waals surface area (Å²) in [6, 6.07) is 10.3. The molecule has 3 unspecified atom stereocenters. The number of carbonyl (C=O) groups excluding carboxylic acids is 1. The van der Waals surface area contributed by atoms with Gasteiger partial charge in [-0.15, -0.1) is 35.3 Å². The van der Waals surface area contributed by atoms with Gasteiger partial charge in [0.25, 0.3) is 0 Å². The summed E-state index contributed by atoms with van der Waals surface area (Å²) in [5, 5.41) is 2.31. The zero-order valence-corrected chi connectivity index (χ0v) is 15.3. The molecular formula is C17H20N2OS3. The van der Waals surface area contributed by atoms with E-state index in [1.165, 1.54) is 25.7 Å². The minimum atomic E-state index is -0.401. The number of primary amides is 1. The van der Waals surface area contributed by atoms with Crippen molar-refractivity contribution in [3.8, 4) is 0 Å². The van der Waals surface area contributed by atoms with Crippen LogP contribution in [0.25, 0.3) is 0 Å². The number of carbonyl (C=O) groups is 1. The fraction of sp³-hybridized carbons (Fsp3) is 0.529. The summed E-state index contributed by atoms with van der Waals surface area (Å²) < 4.78 is -0.401. The molecule has 1 aromatic rings. The Morgan fingerprint density at radius 3 is 2.39 bits per heavy atom. The van der Waals surface area contributed by atoms with E-state index in [0.29, 0.717) is 10.5 Å². The van der Waals surface area contributed by atoms with Crippen molar-refractivity contribution >= 4 is 46.2 Å². The van der Waals surface area contributed by atoms with E-state index in [0.717, 1.165) is 16.4 Å². The summed E-state index contributed by atoms with van der Waals surface area (Å²) >= 11 is 5.50. The first-order valence-electron chi connectivity index (χ1n) is 8.11. The Bertz CT molecular complexity index is 620. The predicted octanol–water partition coefficient (Wildman–Crippen LogP) is 3.73. The summed E-state index contributed by atoms with van der Waals surface area (Å²) in [6.07, 6.45) is 5.10. The van der Waals surface area contributed by atoms with Gasteiger partial charge in [0, 0.05) is 21.8 Å². The third kappa shape index (κ3) is 2.94. The van der Waals surface area contributed by atoms with Crippen molar-refractivity contribution in [2.45, 2.75) is 40.4 Å². The van der Waals surface area contributed by atoms with E-state index in [1.807, 2.05) is 41.7 Å². The van der Waals surface area contributed by atoms with Gasteiger partial charge in [0.1, 0.15) is 5.04 Å². The molecule has 23 heavy (non-hydrogen) atoms. The Balaban J connectivity index is 1.71. The summed E-state index contributed by atoms with van der Waals surface area (Å²) in [5.41, 5.74) is 6.90. The van der Waals surface area contributed by atoms with E-state index < -0.39 is 4.20 Å². The van der Waals surface area contributed by atoms with Gasteiger partial charge < -0.3 is 5.73 Å². The predicted molar refractivity (Wildman–Crippen MR) is 102 cm³/mol. The van der Waals surface area contributed by atoms with Crippen LogP contribution in [0.15, 0.2) is 35.3 Å². The number of fused-ring (bicyclic) bond motifs is 1. The van der Waals surface area contributed by atoms with Crippen molar-refractivity contribution in [1.29, 1.82) is 0 Å². The van der Waals surface area contributed by atoms with Crippen molar-refractivity contribution in [1.82, 2.24) is 0 Å². The fourth-order valence-corrected chi connectivity index (χ4v) is 9.41. The lowest BCUT2D eigenvalue weighted by atomic mass is 10.00. The lowest BCUT2D eigenvalue weighted by molar-refractivity contribution is -0.121. The standard InChI is InChI=1S/C17H20N2OS3/c18-15(20)12-10-21-16(11-6-2-1-3-7-11)19-17(12)22-13-8-4-5-9-14(13)23-17/h1-3,6-7,12-14H,4-5,8-10H2,(H2,18,20). The minimum Gasteiger partial charge on any atom is -0.369 e. The highest BCUT2D eigenvalue weighted by molar-refractivity contribution is 8.22. The van der Waals surface area contributed by atoms with Crippen molar-refractivity contribution in [2.75, 3.05) is 5.75 Å². The van der Waals surface area contributed by atoms with Crippen LogP contribution in [0.5, 0.6) is 0 Å². The molecule has 3 nitrogen and oxygen atoms in total. The second-order valence-corrected chi connectivity index (χ2v) is 10.5. The SMILES string of the molecule is NC(=O)C1CSC(c2ccccc2)=NC12SC1CCCCC1S2. The summed E-state index contributed by atoms with van der Waals surface area (Å²) in [4.78, 5) is 17.2. The number of aliphatic imine (C=N–C) groups is 1. The molecule has 2 aliphatic heterocycles. The molecule has 0 radical (unpaired) electrons. The molecule has 1 saturated heterocycles. The lowest BCUT2D eigenvalue weighted by Gasteiger charge is -2.35. The largest absolute Gasteiger partial charge is 0.369 e. The molecule has 4 rings (SSSR count). The van der Waals surface area contributed by atoms with Crippen LogP contribution in [0.4, 0.5) is 0 Å². The quantitative estimate of drug-likeness (QED) is 0.869. The average molecular weight is 365 g/mol. The molecule has 3 aliphatic rings. The molecule has 2 N–H and O–H groups in total. The van der Waals surface area contributed by atoms with Crippen LogP contribution in [0, 0.1) is 5.92 Å². The smallest absolute Gasteiger partial charge is 0.225 e. The monoisotopic (exact) mass is 364 g/mol. The number of nitrogens with two attached hydrogens (primary N) is 1. The van der Waals surface area contributed by atoms with Gasteiger partial charge >= 0.3 is 0 Å². The number of rotatable bonds is 2. The van der Waals surface area contributed by atoms with Gasteiger partial charge in [0.05, 0.1) is 5.92 Å². The number of amides is 1. The number of benzene rings is 1. The van der Waals surface area contributed by atoms with Gasteiger partial charge in [-0.25, -0.2) is 4.99 Å². The second-order valence-electron chi connectivity index (χ2n) is 6.28. The van der Waals surface area contributed by atoms with Crippen molar-refractivity contribution < 1.29 is 4.79 Å². The van der Waals surface area contributed by atoms with E-state index in [2.05, 4.69) is 12.1 Å². The van der Waals surface area contributed by atoms with Crippen LogP contribution in [-0.2, 0) is 4.79 Å². The van der Waals surface area contributed by atoms with Crippen molar-refractivity contribution in [2.24, 2.45) is 16.6 Å². The zero-order valence-electron chi connectivity index (χ0n) is 12.8. The molecule has 6 heteroatoms. The number of thioether (sulfide) groups is 3. The van der Waals surface area contributed by atoms with E-state index in [9.17, 15) is 4.79 Å². The lowest BCUT2D eigenvalue weighted by Crippen LogP contribution is -2.43. The molecule has 1 aromatic carbocycles. The van der Waals surface area contributed by atoms with Crippen LogP contribution in [0.2, 0.25) is 0 Å². The summed E-state index contributed by atoms with van der Waals surface area (Å²) in [5.74, 6) is 0.357. The van der Waals surface area contributed by atoms with Crippen LogP contribution in [0.1, 0.15) is 31.2 Å². The summed E-state index contributed by atoms with van der Waals surface area (Å²) in [6.45, 7) is 0. The first-order chi connectivity index (χ1) is 11.2. The van der Waals surface area contributed by atoms with Crippen LogP contribution < -0.4 is 5.73 Å². The number of nitrogens with zero attached hydrogens (tertiary/aromatic N) is 1. The molecule has 3 atom stereocenters. The number of hydrogen-bond donors (Lipinski definition) is 1. The molecule has 2 heterocycles. The third-order valence-corrected chi connectivity index (χ3v) is 9.74. The highest BCUT2D eigenvalue weighted by Crippen LogP contribution is 2.62. The van der Waals surface area contributed by atoms with Crippen molar-refractivity contribution in [3.05, 3.63) is 35.9 Å². The molecule has 1 aliphatic carbocycles. The highest BCUT2D eigenvalue weighted by atomic mass is 32.2. The zero-order chi connectivity index (χ0) is 15.9. The molecule has 122 valence electrons. The van der Waals surface area contributed by atoms with Crippen molar-refractivity contribution in [3.63, 3.8) is 0 Å². The van der Waals surface area contributed by atoms with Gasteiger partial charge in [-0.3, -0.25) is 4.79 Å². The second kappa shape index (κ2) is 6.37. The van der Waals surface area contributed by atoms with Gasteiger partial charge in [0.15, 0.2) is 4.20 Å². The van der Waals surface area contributed by atoms with Crippen LogP contribution >= 0.6 is 35.3 Å². The van der Waals surface area contributed by atoms with Crippen LogP contribution in [0.3, 0.4) is 0 Å². The molecule has 0 bridgehead atoms. The first-order valence-corrected chi connectivity index (χ1v) is 10.9. The molecular weight excluding hydrogens is 344 g/mol. The fourth-order valence-electron chi connectivity index (χ4n) is 3.52. The molecule has 1 amide bonds. The maximum absolute atomic E-state index is 12.1. The molecule has 2 fully saturated rings. The Labute approximate surface area is 149 Å². The molecule has 1 saturated carbocycles. The average Bonchev–Trinajstić information content (AvgIpc) is 2.93. The Hall–Kier alpha value is -0.590. The first kappa shape index (κ1) is 15.9. The minimum absolute atomic E-state index is 0.180. The van der Waals surface area contributed by atoms with Gasteiger partial charge in [-0.1, -0.05) is 43.2 Å². The van der Waals surface area contributed by atoms with Gasteiger partial charge in [-0.05, 0) is 12.8 Å². The Kier molecular flexibility index (Phi) is 4.41. The van der Waals surface area contributed by atoms with Crippen LogP contribution in [-0.4, -0.2) is 31.4 Å². The Morgan fingerprint density at radius 2 is 1.78 bits per heavy atom. The normalized spacial score (nSPS) is 36.5. The van der Waals surface area contributed by atoms with Gasteiger partial charge in [0.2, 0.25) is 5.91 Å². The summed E-state index contributed by atoms with van der Waals surface area (Å²) in [7, 11) is 0. The van der Waals surface area contributed by atoms with E-state index in [4.69, 9.17) is 10.7 Å². The number of hydrogen-bond acceptors (Lipinski definition) is 5. The van der Waals surface area contributed by atoms with E-state index >= 15 is 0 Å². The molecule has 0 aromatic heterocycles. The Morgan fingerprint density at radius 1 is 1.13 bits per heavy atom. The highest BCUT2D eigenvalue weighted by Gasteiger charge is 2.55.